The van der Waals surface area contributed by atoms with Gasteiger partial charge in [-0.05, 0) is 38.7 Å². The first-order chi connectivity index (χ1) is 18.2. The monoisotopic (exact) mass is 521 g/mol. The molecule has 2 aliphatic heterocycles. The zero-order chi connectivity index (χ0) is 26.9. The number of aliphatic hydroxyl groups excluding tert-OH is 1. The maximum Gasteiger partial charge on any atom is 0.253 e. The van der Waals surface area contributed by atoms with Gasteiger partial charge >= 0.3 is 0 Å². The third kappa shape index (κ3) is 5.47. The summed E-state index contributed by atoms with van der Waals surface area (Å²) >= 11 is 0. The van der Waals surface area contributed by atoms with E-state index in [-0.39, 0.29) is 29.5 Å². The molecule has 0 saturated carbocycles. The van der Waals surface area contributed by atoms with Crippen LogP contribution in [0.25, 0.3) is 10.9 Å². The number of carbonyl (C=O) groups is 1. The van der Waals surface area contributed by atoms with Crippen molar-refractivity contribution in [2.24, 2.45) is 5.41 Å². The van der Waals surface area contributed by atoms with Crippen LogP contribution in [-0.4, -0.2) is 69.0 Å². The summed E-state index contributed by atoms with van der Waals surface area (Å²) in [7, 11) is 0. The van der Waals surface area contributed by atoms with Gasteiger partial charge in [0.2, 0.25) is 5.95 Å². The van der Waals surface area contributed by atoms with E-state index in [0.29, 0.717) is 49.3 Å². The molecule has 38 heavy (non-hydrogen) atoms. The van der Waals surface area contributed by atoms with Crippen molar-refractivity contribution < 1.29 is 14.6 Å². The van der Waals surface area contributed by atoms with Gasteiger partial charge in [-0.2, -0.15) is 4.98 Å². The molecule has 3 atom stereocenters. The predicted molar refractivity (Wildman–Crippen MR) is 148 cm³/mol. The number of aliphatic hydroxyl groups is 1. The predicted octanol–water partition coefficient (Wildman–Crippen LogP) is 4.05. The van der Waals surface area contributed by atoms with Gasteiger partial charge in [-0.3, -0.25) is 4.79 Å². The molecular weight excluding hydrogens is 482 g/mol. The Kier molecular flexibility index (Phi) is 7.54. The maximum absolute atomic E-state index is 13.2. The third-order valence-corrected chi connectivity index (χ3v) is 7.88. The van der Waals surface area contributed by atoms with E-state index in [1.165, 1.54) is 0 Å². The van der Waals surface area contributed by atoms with Gasteiger partial charge in [0.25, 0.3) is 5.91 Å². The smallest absolute Gasteiger partial charge is 0.253 e. The summed E-state index contributed by atoms with van der Waals surface area (Å²) in [6.07, 6.45) is 8.61. The molecule has 2 aliphatic rings. The summed E-state index contributed by atoms with van der Waals surface area (Å²) in [4.78, 5) is 29.2. The molecule has 1 amide bonds. The summed E-state index contributed by atoms with van der Waals surface area (Å²) in [6, 6.07) is 4.05. The van der Waals surface area contributed by atoms with Crippen molar-refractivity contribution in [3.8, 4) is 0 Å². The number of rotatable bonds is 7. The van der Waals surface area contributed by atoms with Crippen molar-refractivity contribution in [3.05, 3.63) is 36.3 Å². The van der Waals surface area contributed by atoms with Crippen molar-refractivity contribution in [1.82, 2.24) is 24.8 Å². The van der Waals surface area contributed by atoms with Crippen LogP contribution >= 0.6 is 0 Å². The van der Waals surface area contributed by atoms with Crippen LogP contribution in [0.2, 0.25) is 0 Å². The van der Waals surface area contributed by atoms with E-state index in [4.69, 9.17) is 9.72 Å². The van der Waals surface area contributed by atoms with Crippen molar-refractivity contribution in [3.63, 3.8) is 0 Å². The molecule has 3 aromatic heterocycles. The Bertz CT molecular complexity index is 1280. The highest BCUT2D eigenvalue weighted by Crippen LogP contribution is 2.32. The number of fused-ring (bicyclic) bond motifs is 1. The molecule has 204 valence electrons. The maximum atomic E-state index is 13.2. The van der Waals surface area contributed by atoms with Gasteiger partial charge < -0.3 is 29.9 Å². The Morgan fingerprint density at radius 2 is 2.13 bits per heavy atom. The van der Waals surface area contributed by atoms with E-state index in [1.807, 2.05) is 18.3 Å². The van der Waals surface area contributed by atoms with Gasteiger partial charge in [0.15, 0.2) is 0 Å². The third-order valence-electron chi connectivity index (χ3n) is 7.88. The van der Waals surface area contributed by atoms with Crippen molar-refractivity contribution in [2.45, 2.75) is 71.6 Å². The largest absolute Gasteiger partial charge is 0.392 e. The minimum absolute atomic E-state index is 0.0350. The lowest BCUT2D eigenvalue weighted by atomic mass is 9.81. The first-order valence-corrected chi connectivity index (χ1v) is 13.7. The van der Waals surface area contributed by atoms with Gasteiger partial charge in [-0.1, -0.05) is 20.8 Å². The number of ether oxygens (including phenoxy) is 1. The molecule has 0 bridgehead atoms. The molecule has 3 aromatic rings. The zero-order valence-electron chi connectivity index (χ0n) is 22.8. The highest BCUT2D eigenvalue weighted by Gasteiger charge is 2.35. The van der Waals surface area contributed by atoms with E-state index in [2.05, 4.69) is 57.8 Å². The van der Waals surface area contributed by atoms with E-state index in [1.54, 1.807) is 12.4 Å². The highest BCUT2D eigenvalue weighted by atomic mass is 16.5. The van der Waals surface area contributed by atoms with Gasteiger partial charge in [-0.15, -0.1) is 0 Å². The molecule has 0 aliphatic carbocycles. The molecule has 5 heterocycles. The molecule has 2 saturated heterocycles. The summed E-state index contributed by atoms with van der Waals surface area (Å²) in [5, 5.41) is 17.6. The van der Waals surface area contributed by atoms with E-state index in [0.717, 1.165) is 36.8 Å². The number of hydrogen-bond donors (Lipinski definition) is 3. The first kappa shape index (κ1) is 26.4. The molecule has 5 rings (SSSR count). The second-order valence-electron chi connectivity index (χ2n) is 11.3. The summed E-state index contributed by atoms with van der Waals surface area (Å²) in [5.41, 5.74) is 1.35. The van der Waals surface area contributed by atoms with Gasteiger partial charge in [0.1, 0.15) is 11.6 Å². The average molecular weight is 522 g/mol. The quantitative estimate of drug-likeness (QED) is 0.426. The Labute approximate surface area is 223 Å². The number of pyridine rings is 1. The van der Waals surface area contributed by atoms with Gasteiger partial charge in [0, 0.05) is 61.2 Å². The van der Waals surface area contributed by atoms with Crippen molar-refractivity contribution in [2.75, 3.05) is 36.5 Å². The fourth-order valence-corrected chi connectivity index (χ4v) is 5.29. The van der Waals surface area contributed by atoms with Crippen LogP contribution in [0.3, 0.4) is 0 Å². The van der Waals surface area contributed by atoms with Crippen LogP contribution in [0.1, 0.15) is 69.8 Å². The number of nitrogens with zero attached hydrogens (tertiary/aromatic N) is 5. The topological polar surface area (TPSA) is 117 Å². The Morgan fingerprint density at radius 1 is 1.29 bits per heavy atom. The highest BCUT2D eigenvalue weighted by molar-refractivity contribution is 6.07. The van der Waals surface area contributed by atoms with Crippen LogP contribution in [0.4, 0.5) is 17.6 Å². The second-order valence-corrected chi connectivity index (χ2v) is 11.3. The molecule has 3 N–H and O–H groups in total. The van der Waals surface area contributed by atoms with Crippen LogP contribution in [-0.2, 0) is 4.74 Å². The SMILES string of the molecule is CCC(C)n1cc(C(=O)NC2CCCOC2)c2cnc(Nc3ccnc(N4CCC(O)C(C)(C)C4)n3)cc21. The molecule has 0 aromatic carbocycles. The summed E-state index contributed by atoms with van der Waals surface area (Å²) in [6.45, 7) is 11.1. The first-order valence-electron chi connectivity index (χ1n) is 13.7. The Morgan fingerprint density at radius 3 is 2.87 bits per heavy atom. The summed E-state index contributed by atoms with van der Waals surface area (Å²) in [5.74, 6) is 1.82. The number of aromatic nitrogens is 4. The van der Waals surface area contributed by atoms with Crippen LogP contribution < -0.4 is 15.5 Å². The molecule has 0 spiro atoms. The number of carbonyl (C=O) groups excluding carboxylic acids is 1. The minimum atomic E-state index is -0.333. The Hall–Kier alpha value is -3.24. The van der Waals surface area contributed by atoms with Crippen molar-refractivity contribution in [1.29, 1.82) is 0 Å². The van der Waals surface area contributed by atoms with Gasteiger partial charge in [0.05, 0.1) is 29.8 Å². The van der Waals surface area contributed by atoms with E-state index >= 15 is 0 Å². The van der Waals surface area contributed by atoms with E-state index < -0.39 is 0 Å². The van der Waals surface area contributed by atoms with Crippen molar-refractivity contribution >= 4 is 34.4 Å². The standard InChI is InChI=1S/C28H39N7O3/c1-5-18(2)35-15-21(26(37)31-19-7-6-12-38-16-19)20-14-30-25(13-22(20)35)32-24-8-10-29-27(33-24)34-11-9-23(36)28(3,4)17-34/h8,10,13-15,18-19,23,36H,5-7,9,11-12,16-17H2,1-4H3,(H,31,37)(H,29,30,32,33). The Balaban J connectivity index is 1.39. The molecule has 2 fully saturated rings. The fourth-order valence-electron chi connectivity index (χ4n) is 5.29. The van der Waals surface area contributed by atoms with Crippen LogP contribution in [0.5, 0.6) is 0 Å². The lowest BCUT2D eigenvalue weighted by Gasteiger charge is -2.41. The number of piperidine rings is 1. The molecule has 10 heteroatoms. The minimum Gasteiger partial charge on any atom is -0.392 e. The number of nitrogens with one attached hydrogen (secondary N) is 2. The molecule has 3 unspecified atom stereocenters. The number of hydrogen-bond acceptors (Lipinski definition) is 8. The van der Waals surface area contributed by atoms with E-state index in [9.17, 15) is 9.90 Å². The van der Waals surface area contributed by atoms with Crippen LogP contribution in [0, 0.1) is 5.41 Å². The second kappa shape index (κ2) is 10.9. The van der Waals surface area contributed by atoms with Gasteiger partial charge in [-0.25, -0.2) is 9.97 Å². The molecule has 10 nitrogen and oxygen atoms in total. The fraction of sp³-hybridized carbons (Fsp3) is 0.571. The number of anilines is 3. The summed E-state index contributed by atoms with van der Waals surface area (Å²) < 4.78 is 7.69. The molecular formula is C28H39N7O3. The van der Waals surface area contributed by atoms with Crippen LogP contribution in [0.15, 0.2) is 30.7 Å². The zero-order valence-corrected chi connectivity index (χ0v) is 22.8. The molecule has 0 radical (unpaired) electrons. The lowest BCUT2D eigenvalue weighted by molar-refractivity contribution is 0.0332. The number of amides is 1. The average Bonchev–Trinajstić information content (AvgIpc) is 3.29. The normalized spacial score (nSPS) is 22.3. The lowest BCUT2D eigenvalue weighted by Crippen LogP contribution is -2.49.